The molecular weight excluding hydrogens is 324 g/mol. The second-order valence-electron chi connectivity index (χ2n) is 6.87. The number of hydrogen-bond donors (Lipinski definition) is 3. The molecule has 0 radical (unpaired) electrons. The SMILES string of the molecule is CC(C)N[C@@H](CCSCC(O)COCCCCCN)C(=O)C(C)C. The Kier molecular flexibility index (Phi) is 15.1. The van der Waals surface area contributed by atoms with Crippen LogP contribution in [0.3, 0.4) is 0 Å². The van der Waals surface area contributed by atoms with Crippen molar-refractivity contribution in [2.24, 2.45) is 11.7 Å². The van der Waals surface area contributed by atoms with Crippen LogP contribution in [-0.2, 0) is 9.53 Å². The molecule has 1 unspecified atom stereocenters. The second kappa shape index (κ2) is 15.1. The molecule has 24 heavy (non-hydrogen) atoms. The molecule has 0 aromatic carbocycles. The fourth-order valence-corrected chi connectivity index (χ4v) is 3.26. The fourth-order valence-electron chi connectivity index (χ4n) is 2.33. The van der Waals surface area contributed by atoms with Gasteiger partial charge in [0.05, 0.1) is 18.8 Å². The number of aliphatic hydroxyl groups excluding tert-OH is 1. The third kappa shape index (κ3) is 13.2. The molecule has 0 fully saturated rings. The summed E-state index contributed by atoms with van der Waals surface area (Å²) in [6, 6.07) is 0.203. The molecule has 0 aliphatic heterocycles. The summed E-state index contributed by atoms with van der Waals surface area (Å²) in [5, 5.41) is 13.3. The monoisotopic (exact) mass is 362 g/mol. The van der Waals surface area contributed by atoms with E-state index in [0.717, 1.165) is 38.0 Å². The Morgan fingerprint density at radius 3 is 2.50 bits per heavy atom. The molecule has 0 spiro atoms. The lowest BCUT2D eigenvalue weighted by Crippen LogP contribution is -2.43. The molecule has 5 nitrogen and oxygen atoms in total. The number of aliphatic hydroxyl groups is 1. The fraction of sp³-hybridized carbons (Fsp3) is 0.944. The lowest BCUT2D eigenvalue weighted by Gasteiger charge is -2.22. The summed E-state index contributed by atoms with van der Waals surface area (Å²) in [5.41, 5.74) is 5.43. The highest BCUT2D eigenvalue weighted by Gasteiger charge is 2.21. The average Bonchev–Trinajstić information content (AvgIpc) is 2.52. The summed E-state index contributed by atoms with van der Waals surface area (Å²) in [6.45, 7) is 9.80. The third-order valence-electron chi connectivity index (χ3n) is 3.61. The van der Waals surface area contributed by atoms with Crippen LogP contribution in [0.2, 0.25) is 0 Å². The van der Waals surface area contributed by atoms with E-state index in [0.29, 0.717) is 25.0 Å². The van der Waals surface area contributed by atoms with Crippen molar-refractivity contribution >= 4 is 17.5 Å². The van der Waals surface area contributed by atoms with E-state index in [1.807, 2.05) is 13.8 Å². The van der Waals surface area contributed by atoms with Crippen LogP contribution < -0.4 is 11.1 Å². The number of nitrogens with two attached hydrogens (primary N) is 1. The minimum Gasteiger partial charge on any atom is -0.390 e. The van der Waals surface area contributed by atoms with Gasteiger partial charge in [0.15, 0.2) is 5.78 Å². The number of unbranched alkanes of at least 4 members (excludes halogenated alkanes) is 2. The van der Waals surface area contributed by atoms with E-state index in [2.05, 4.69) is 19.2 Å². The number of ketones is 1. The van der Waals surface area contributed by atoms with Gasteiger partial charge >= 0.3 is 0 Å². The Morgan fingerprint density at radius 2 is 1.92 bits per heavy atom. The van der Waals surface area contributed by atoms with E-state index in [4.69, 9.17) is 10.5 Å². The molecule has 4 N–H and O–H groups in total. The van der Waals surface area contributed by atoms with Gasteiger partial charge in [0.25, 0.3) is 0 Å². The van der Waals surface area contributed by atoms with Gasteiger partial charge in [0.1, 0.15) is 0 Å². The highest BCUT2D eigenvalue weighted by molar-refractivity contribution is 7.99. The first kappa shape index (κ1) is 23.9. The maximum absolute atomic E-state index is 12.2. The van der Waals surface area contributed by atoms with Gasteiger partial charge < -0.3 is 20.9 Å². The van der Waals surface area contributed by atoms with Gasteiger partial charge in [0, 0.05) is 24.3 Å². The highest BCUT2D eigenvalue weighted by atomic mass is 32.2. The van der Waals surface area contributed by atoms with Crippen LogP contribution in [0.15, 0.2) is 0 Å². The Hall–Kier alpha value is -0.140. The predicted octanol–water partition coefficient (Wildman–Crippen LogP) is 2.21. The summed E-state index contributed by atoms with van der Waals surface area (Å²) in [5.74, 6) is 1.82. The number of nitrogens with one attached hydrogen (secondary N) is 1. The lowest BCUT2D eigenvalue weighted by molar-refractivity contribution is -0.124. The minimum atomic E-state index is -0.443. The second-order valence-corrected chi connectivity index (χ2v) is 8.02. The number of hydrogen-bond acceptors (Lipinski definition) is 6. The maximum Gasteiger partial charge on any atom is 0.152 e. The van der Waals surface area contributed by atoms with Crippen molar-refractivity contribution < 1.29 is 14.6 Å². The number of thioether (sulfide) groups is 1. The van der Waals surface area contributed by atoms with E-state index in [1.54, 1.807) is 11.8 Å². The van der Waals surface area contributed by atoms with Crippen molar-refractivity contribution in [1.82, 2.24) is 5.32 Å². The smallest absolute Gasteiger partial charge is 0.152 e. The van der Waals surface area contributed by atoms with Crippen LogP contribution in [0, 0.1) is 5.92 Å². The number of rotatable bonds is 16. The number of ether oxygens (including phenoxy) is 1. The maximum atomic E-state index is 12.2. The molecule has 0 saturated carbocycles. The van der Waals surface area contributed by atoms with Crippen molar-refractivity contribution in [3.05, 3.63) is 0 Å². The number of carbonyl (C=O) groups excluding carboxylic acids is 1. The van der Waals surface area contributed by atoms with Crippen LogP contribution in [0.5, 0.6) is 0 Å². The van der Waals surface area contributed by atoms with E-state index >= 15 is 0 Å². The van der Waals surface area contributed by atoms with Crippen molar-refractivity contribution in [2.45, 2.75) is 71.6 Å². The van der Waals surface area contributed by atoms with E-state index in [1.165, 1.54) is 0 Å². The summed E-state index contributed by atoms with van der Waals surface area (Å²) in [7, 11) is 0. The predicted molar refractivity (Wildman–Crippen MR) is 104 cm³/mol. The quantitative estimate of drug-likeness (QED) is 0.365. The van der Waals surface area contributed by atoms with Gasteiger partial charge in [-0.3, -0.25) is 4.79 Å². The first-order chi connectivity index (χ1) is 11.4. The molecule has 0 aromatic heterocycles. The molecule has 0 aliphatic carbocycles. The van der Waals surface area contributed by atoms with Crippen LogP contribution in [0.4, 0.5) is 0 Å². The molecule has 0 rings (SSSR count). The largest absolute Gasteiger partial charge is 0.390 e. The Labute approximate surface area is 152 Å². The number of carbonyl (C=O) groups is 1. The molecule has 6 heteroatoms. The number of Topliss-reactive ketones (excluding diaryl/α,β-unsaturated/α-hetero) is 1. The van der Waals surface area contributed by atoms with Gasteiger partial charge in [-0.05, 0) is 38.0 Å². The van der Waals surface area contributed by atoms with Gasteiger partial charge in [-0.25, -0.2) is 0 Å². The Bertz CT molecular complexity index is 315. The van der Waals surface area contributed by atoms with Crippen LogP contribution >= 0.6 is 11.8 Å². The van der Waals surface area contributed by atoms with Crippen LogP contribution in [0.25, 0.3) is 0 Å². The third-order valence-corrected chi connectivity index (χ3v) is 4.76. The Balaban J connectivity index is 3.81. The van der Waals surface area contributed by atoms with Gasteiger partial charge in [0.2, 0.25) is 0 Å². The molecule has 0 saturated heterocycles. The van der Waals surface area contributed by atoms with Crippen molar-refractivity contribution in [3.63, 3.8) is 0 Å². The van der Waals surface area contributed by atoms with Gasteiger partial charge in [-0.1, -0.05) is 27.7 Å². The van der Waals surface area contributed by atoms with Gasteiger partial charge in [-0.2, -0.15) is 11.8 Å². The zero-order chi connectivity index (χ0) is 18.4. The standard InChI is InChI=1S/C18H38N2O3S/c1-14(2)18(22)17(20-15(3)4)8-11-24-13-16(21)12-23-10-7-5-6-9-19/h14-17,20-21H,5-13,19H2,1-4H3/t16?,17-/m0/s1. The molecule has 0 aromatic rings. The zero-order valence-electron chi connectivity index (χ0n) is 15.9. The van der Waals surface area contributed by atoms with Crippen LogP contribution in [0.1, 0.15) is 53.4 Å². The van der Waals surface area contributed by atoms with E-state index < -0.39 is 6.10 Å². The summed E-state index contributed by atoms with van der Waals surface area (Å²) >= 11 is 1.68. The normalized spacial score (nSPS) is 14.3. The molecular formula is C18H38N2O3S. The summed E-state index contributed by atoms with van der Waals surface area (Å²) < 4.78 is 5.47. The Morgan fingerprint density at radius 1 is 1.21 bits per heavy atom. The average molecular weight is 363 g/mol. The zero-order valence-corrected chi connectivity index (χ0v) is 16.7. The summed E-state index contributed by atoms with van der Waals surface area (Å²) in [4.78, 5) is 12.2. The first-order valence-electron chi connectivity index (χ1n) is 9.21. The van der Waals surface area contributed by atoms with E-state index in [9.17, 15) is 9.90 Å². The highest BCUT2D eigenvalue weighted by Crippen LogP contribution is 2.11. The lowest BCUT2D eigenvalue weighted by atomic mass is 9.99. The van der Waals surface area contributed by atoms with Crippen LogP contribution in [-0.4, -0.2) is 60.3 Å². The molecule has 144 valence electrons. The molecule has 0 amide bonds. The van der Waals surface area contributed by atoms with Crippen molar-refractivity contribution in [2.75, 3.05) is 31.3 Å². The van der Waals surface area contributed by atoms with Gasteiger partial charge in [-0.15, -0.1) is 0 Å². The van der Waals surface area contributed by atoms with Crippen molar-refractivity contribution in [1.29, 1.82) is 0 Å². The summed E-state index contributed by atoms with van der Waals surface area (Å²) in [6.07, 6.45) is 3.46. The molecule has 0 aliphatic rings. The molecule has 0 heterocycles. The first-order valence-corrected chi connectivity index (χ1v) is 10.4. The molecule has 0 bridgehead atoms. The molecule has 2 atom stereocenters. The topological polar surface area (TPSA) is 84.6 Å². The van der Waals surface area contributed by atoms with Crippen molar-refractivity contribution in [3.8, 4) is 0 Å². The minimum absolute atomic E-state index is 0.0458. The van der Waals surface area contributed by atoms with E-state index in [-0.39, 0.29) is 17.7 Å².